The van der Waals surface area contributed by atoms with Gasteiger partial charge >= 0.3 is 0 Å². The van der Waals surface area contributed by atoms with Gasteiger partial charge in [0.1, 0.15) is 0 Å². The molecule has 1 saturated heterocycles. The van der Waals surface area contributed by atoms with Crippen LogP contribution >= 0.6 is 11.3 Å². The van der Waals surface area contributed by atoms with Crippen LogP contribution in [0.2, 0.25) is 0 Å². The van der Waals surface area contributed by atoms with Crippen LogP contribution in [0.15, 0.2) is 35.9 Å². The zero-order chi connectivity index (χ0) is 16.8. The zero-order valence-electron chi connectivity index (χ0n) is 13.9. The van der Waals surface area contributed by atoms with Crippen LogP contribution in [-0.4, -0.2) is 51.9 Å². The lowest BCUT2D eigenvalue weighted by Crippen LogP contribution is -2.47. The third-order valence-electron chi connectivity index (χ3n) is 4.06. The number of carbonyl (C=O) groups is 1. The van der Waals surface area contributed by atoms with Crippen LogP contribution in [0, 0.1) is 0 Å². The van der Waals surface area contributed by atoms with Gasteiger partial charge in [-0.2, -0.15) is 0 Å². The summed E-state index contributed by atoms with van der Waals surface area (Å²) >= 11 is 1.73. The number of hydrogen-bond acceptors (Lipinski definition) is 5. The van der Waals surface area contributed by atoms with E-state index in [2.05, 4.69) is 27.2 Å². The molecule has 0 unspecified atom stereocenters. The predicted molar refractivity (Wildman–Crippen MR) is 96.6 cm³/mol. The summed E-state index contributed by atoms with van der Waals surface area (Å²) in [6.45, 7) is 6.31. The molecule has 0 spiro atoms. The predicted octanol–water partition coefficient (Wildman–Crippen LogP) is 2.46. The van der Waals surface area contributed by atoms with Crippen molar-refractivity contribution < 1.29 is 4.79 Å². The second kappa shape index (κ2) is 8.17. The summed E-state index contributed by atoms with van der Waals surface area (Å²) in [5.74, 6) is 0.0576. The molecule has 3 rings (SSSR count). The lowest BCUT2D eigenvalue weighted by Gasteiger charge is -2.33. The largest absolute Gasteiger partial charge is 0.337 e. The molecule has 0 aliphatic carbocycles. The molecular weight excluding hydrogens is 320 g/mol. The summed E-state index contributed by atoms with van der Waals surface area (Å²) in [7, 11) is 0. The molecule has 0 radical (unpaired) electrons. The molecule has 0 atom stereocenters. The van der Waals surface area contributed by atoms with Gasteiger partial charge in [-0.25, -0.2) is 4.98 Å². The van der Waals surface area contributed by atoms with E-state index in [9.17, 15) is 4.79 Å². The fourth-order valence-electron chi connectivity index (χ4n) is 2.68. The standard InChI is InChI=1S/C18H22N4OS/c1-2-17-20-16(14-24-17)13-21-9-11-22(12-10-21)18(23)7-6-15-5-3-4-8-19-15/h3-8,14H,2,9-13H2,1H3/b7-6+. The van der Waals surface area contributed by atoms with E-state index in [1.165, 1.54) is 5.01 Å². The van der Waals surface area contributed by atoms with Crippen LogP contribution in [0.25, 0.3) is 6.08 Å². The van der Waals surface area contributed by atoms with Crippen LogP contribution in [0.3, 0.4) is 0 Å². The molecule has 1 aliphatic rings. The first kappa shape index (κ1) is 16.8. The lowest BCUT2D eigenvalue weighted by molar-refractivity contribution is -0.127. The third-order valence-corrected chi connectivity index (χ3v) is 5.10. The van der Waals surface area contributed by atoms with Crippen molar-refractivity contribution in [1.29, 1.82) is 0 Å². The molecule has 6 heteroatoms. The number of carbonyl (C=O) groups excluding carboxylic acids is 1. The molecular formula is C18H22N4OS. The Labute approximate surface area is 146 Å². The summed E-state index contributed by atoms with van der Waals surface area (Å²) in [6.07, 6.45) is 6.11. The van der Waals surface area contributed by atoms with Gasteiger partial charge in [0.05, 0.1) is 16.4 Å². The van der Waals surface area contributed by atoms with Crippen LogP contribution in [0.4, 0.5) is 0 Å². The van der Waals surface area contributed by atoms with Crippen LogP contribution < -0.4 is 0 Å². The first-order valence-electron chi connectivity index (χ1n) is 8.28. The fourth-order valence-corrected chi connectivity index (χ4v) is 3.41. The van der Waals surface area contributed by atoms with E-state index >= 15 is 0 Å². The summed E-state index contributed by atoms with van der Waals surface area (Å²) in [4.78, 5) is 25.3. The number of rotatable bonds is 5. The fraction of sp³-hybridized carbons (Fsp3) is 0.389. The normalized spacial score (nSPS) is 16.0. The maximum atomic E-state index is 12.3. The Morgan fingerprint density at radius 2 is 2.12 bits per heavy atom. The van der Waals surface area contributed by atoms with Gasteiger partial charge in [-0.3, -0.25) is 14.7 Å². The number of pyridine rings is 1. The van der Waals surface area contributed by atoms with Gasteiger partial charge < -0.3 is 4.90 Å². The van der Waals surface area contributed by atoms with Crippen LogP contribution in [0.1, 0.15) is 23.3 Å². The minimum absolute atomic E-state index is 0.0576. The number of piperazine rings is 1. The number of amides is 1. The first-order valence-corrected chi connectivity index (χ1v) is 9.16. The highest BCUT2D eigenvalue weighted by atomic mass is 32.1. The minimum atomic E-state index is 0.0576. The molecule has 0 bridgehead atoms. The maximum absolute atomic E-state index is 12.3. The van der Waals surface area contributed by atoms with Crippen molar-refractivity contribution >= 4 is 23.3 Å². The summed E-state index contributed by atoms with van der Waals surface area (Å²) in [5.41, 5.74) is 1.95. The van der Waals surface area contributed by atoms with Gasteiger partial charge in [-0.05, 0) is 24.6 Å². The van der Waals surface area contributed by atoms with Gasteiger partial charge in [0.2, 0.25) is 5.91 Å². The third kappa shape index (κ3) is 4.49. The molecule has 0 N–H and O–H groups in total. The van der Waals surface area contributed by atoms with Crippen molar-refractivity contribution in [3.63, 3.8) is 0 Å². The number of hydrogen-bond donors (Lipinski definition) is 0. The summed E-state index contributed by atoms with van der Waals surface area (Å²) < 4.78 is 0. The van der Waals surface area contributed by atoms with E-state index in [1.54, 1.807) is 29.7 Å². The average molecular weight is 342 g/mol. The highest BCUT2D eigenvalue weighted by Gasteiger charge is 2.20. The van der Waals surface area contributed by atoms with Crippen molar-refractivity contribution in [1.82, 2.24) is 19.8 Å². The molecule has 0 aromatic carbocycles. The van der Waals surface area contributed by atoms with E-state index in [1.807, 2.05) is 23.1 Å². The molecule has 2 aromatic heterocycles. The molecule has 2 aromatic rings. The topological polar surface area (TPSA) is 49.3 Å². The van der Waals surface area contributed by atoms with E-state index in [4.69, 9.17) is 0 Å². The molecule has 1 fully saturated rings. The van der Waals surface area contributed by atoms with Crippen molar-refractivity contribution in [2.45, 2.75) is 19.9 Å². The highest BCUT2D eigenvalue weighted by molar-refractivity contribution is 7.09. The molecule has 0 saturated carbocycles. The number of aryl methyl sites for hydroxylation is 1. The Bertz CT molecular complexity index is 690. The number of nitrogens with zero attached hydrogens (tertiary/aromatic N) is 4. The molecule has 1 amide bonds. The number of thiazole rings is 1. The first-order chi connectivity index (χ1) is 11.7. The van der Waals surface area contributed by atoms with Crippen molar-refractivity contribution in [2.24, 2.45) is 0 Å². The van der Waals surface area contributed by atoms with Gasteiger partial charge in [0.25, 0.3) is 0 Å². The van der Waals surface area contributed by atoms with Crippen molar-refractivity contribution in [2.75, 3.05) is 26.2 Å². The molecule has 1 aliphatic heterocycles. The molecule has 5 nitrogen and oxygen atoms in total. The monoisotopic (exact) mass is 342 g/mol. The van der Waals surface area contributed by atoms with Gasteiger partial charge in [-0.1, -0.05) is 13.0 Å². The van der Waals surface area contributed by atoms with Crippen molar-refractivity contribution in [3.8, 4) is 0 Å². The summed E-state index contributed by atoms with van der Waals surface area (Å²) in [5, 5.41) is 3.34. The number of aromatic nitrogens is 2. The highest BCUT2D eigenvalue weighted by Crippen LogP contribution is 2.14. The van der Waals surface area contributed by atoms with E-state index in [-0.39, 0.29) is 5.91 Å². The Hall–Kier alpha value is -2.05. The Morgan fingerprint density at radius 1 is 1.29 bits per heavy atom. The maximum Gasteiger partial charge on any atom is 0.246 e. The van der Waals surface area contributed by atoms with E-state index in [0.717, 1.165) is 50.5 Å². The second-order valence-corrected chi connectivity index (χ2v) is 6.72. The Morgan fingerprint density at radius 3 is 2.79 bits per heavy atom. The Kier molecular flexibility index (Phi) is 5.72. The smallest absolute Gasteiger partial charge is 0.246 e. The molecule has 3 heterocycles. The van der Waals surface area contributed by atoms with E-state index < -0.39 is 0 Å². The van der Waals surface area contributed by atoms with Crippen molar-refractivity contribution in [3.05, 3.63) is 52.2 Å². The zero-order valence-corrected chi connectivity index (χ0v) is 14.7. The van der Waals surface area contributed by atoms with Crippen LogP contribution in [0.5, 0.6) is 0 Å². The van der Waals surface area contributed by atoms with Gasteiger partial charge in [0, 0.05) is 50.4 Å². The van der Waals surface area contributed by atoms with Gasteiger partial charge in [-0.15, -0.1) is 11.3 Å². The molecule has 24 heavy (non-hydrogen) atoms. The Balaban J connectivity index is 1.47. The summed E-state index contributed by atoms with van der Waals surface area (Å²) in [6, 6.07) is 5.67. The molecule has 126 valence electrons. The lowest BCUT2D eigenvalue weighted by atomic mass is 10.2. The van der Waals surface area contributed by atoms with E-state index in [0.29, 0.717) is 0 Å². The van der Waals surface area contributed by atoms with Crippen LogP contribution in [-0.2, 0) is 17.8 Å². The second-order valence-electron chi connectivity index (χ2n) is 5.78. The minimum Gasteiger partial charge on any atom is -0.337 e. The SMILES string of the molecule is CCc1nc(CN2CCN(C(=O)/C=C/c3ccccn3)CC2)cs1. The average Bonchev–Trinajstić information content (AvgIpc) is 3.09. The van der Waals surface area contributed by atoms with Gasteiger partial charge in [0.15, 0.2) is 0 Å². The quantitative estimate of drug-likeness (QED) is 0.783.